The molecular formula is C17H34N4O3. The molecule has 3 N–H and O–H groups in total. The summed E-state index contributed by atoms with van der Waals surface area (Å²) in [6.45, 7) is 9.48. The lowest BCUT2D eigenvalue weighted by Gasteiger charge is -2.12. The summed E-state index contributed by atoms with van der Waals surface area (Å²) in [6.07, 6.45) is 4.32. The Morgan fingerprint density at radius 3 is 2.38 bits per heavy atom. The average molecular weight is 342 g/mol. The van der Waals surface area contributed by atoms with Gasteiger partial charge in [-0.3, -0.25) is 9.79 Å². The van der Waals surface area contributed by atoms with Gasteiger partial charge in [-0.05, 0) is 26.2 Å². The summed E-state index contributed by atoms with van der Waals surface area (Å²) in [6, 6.07) is 0. The topological polar surface area (TPSA) is 84.0 Å². The Morgan fingerprint density at radius 2 is 1.71 bits per heavy atom. The number of hydrogen-bond donors (Lipinski definition) is 3. The molecule has 24 heavy (non-hydrogen) atoms. The molecular weight excluding hydrogens is 308 g/mol. The minimum Gasteiger partial charge on any atom is -0.379 e. The summed E-state index contributed by atoms with van der Waals surface area (Å²) in [5, 5.41) is 9.31. The Morgan fingerprint density at radius 1 is 1.00 bits per heavy atom. The Balaban J connectivity index is 2.01. The molecule has 1 fully saturated rings. The molecule has 0 heterocycles. The minimum atomic E-state index is 0.174. The van der Waals surface area contributed by atoms with Gasteiger partial charge in [0, 0.05) is 32.2 Å². The van der Waals surface area contributed by atoms with E-state index < -0.39 is 0 Å². The molecule has 0 saturated heterocycles. The number of nitrogens with zero attached hydrogens (tertiary/aromatic N) is 1. The number of hydrogen-bond acceptors (Lipinski definition) is 4. The van der Waals surface area contributed by atoms with Gasteiger partial charge < -0.3 is 25.4 Å². The quantitative estimate of drug-likeness (QED) is 0.248. The fraction of sp³-hybridized carbons (Fsp3) is 0.882. The smallest absolute Gasteiger partial charge is 0.223 e. The van der Waals surface area contributed by atoms with Crippen LogP contribution in [0.15, 0.2) is 4.99 Å². The molecule has 0 aromatic heterocycles. The lowest BCUT2D eigenvalue weighted by atomic mass is 10.4. The molecule has 1 saturated carbocycles. The van der Waals surface area contributed by atoms with E-state index in [4.69, 9.17) is 9.47 Å². The molecule has 7 nitrogen and oxygen atoms in total. The average Bonchev–Trinajstić information content (AvgIpc) is 3.42. The van der Waals surface area contributed by atoms with Crippen LogP contribution in [-0.4, -0.2) is 64.5 Å². The zero-order chi connectivity index (χ0) is 17.5. The van der Waals surface area contributed by atoms with Crippen molar-refractivity contribution in [2.75, 3.05) is 52.6 Å². The van der Waals surface area contributed by atoms with E-state index in [2.05, 4.69) is 27.9 Å². The number of unbranched alkanes of at least 4 members (excludes halogenated alkanes) is 1. The Bertz CT molecular complexity index is 360. The number of ether oxygens (including phenoxy) is 2. The summed E-state index contributed by atoms with van der Waals surface area (Å²) in [5.41, 5.74) is 0. The minimum absolute atomic E-state index is 0.174. The first-order valence-electron chi connectivity index (χ1n) is 9.23. The maximum atomic E-state index is 11.5. The van der Waals surface area contributed by atoms with E-state index in [1.165, 1.54) is 0 Å². The molecule has 1 aliphatic rings. The number of amides is 1. The SMILES string of the molecule is CCCCOCCOCCN=C(NCC)NCCNC(=O)C1CC1. The second-order valence-corrected chi connectivity index (χ2v) is 5.83. The molecule has 1 aliphatic carbocycles. The van der Waals surface area contributed by atoms with Crippen LogP contribution in [0.4, 0.5) is 0 Å². The van der Waals surface area contributed by atoms with Crippen LogP contribution in [0.1, 0.15) is 39.5 Å². The summed E-state index contributed by atoms with van der Waals surface area (Å²) in [4.78, 5) is 16.0. The van der Waals surface area contributed by atoms with Crippen LogP contribution >= 0.6 is 0 Å². The van der Waals surface area contributed by atoms with Crippen molar-refractivity contribution in [1.29, 1.82) is 0 Å². The molecule has 0 unspecified atom stereocenters. The lowest BCUT2D eigenvalue weighted by Crippen LogP contribution is -2.42. The van der Waals surface area contributed by atoms with Gasteiger partial charge >= 0.3 is 0 Å². The molecule has 7 heteroatoms. The summed E-state index contributed by atoms with van der Waals surface area (Å²) >= 11 is 0. The highest BCUT2D eigenvalue weighted by Crippen LogP contribution is 2.28. The number of carbonyl (C=O) groups excluding carboxylic acids is 1. The Kier molecular flexibility index (Phi) is 12.1. The van der Waals surface area contributed by atoms with Crippen molar-refractivity contribution in [3.63, 3.8) is 0 Å². The third-order valence-electron chi connectivity index (χ3n) is 3.53. The molecule has 140 valence electrons. The predicted octanol–water partition coefficient (Wildman–Crippen LogP) is 0.901. The largest absolute Gasteiger partial charge is 0.379 e. The first-order valence-corrected chi connectivity index (χ1v) is 9.23. The highest BCUT2D eigenvalue weighted by atomic mass is 16.5. The zero-order valence-electron chi connectivity index (χ0n) is 15.2. The lowest BCUT2D eigenvalue weighted by molar-refractivity contribution is -0.122. The Labute approximate surface area is 146 Å². The van der Waals surface area contributed by atoms with Crippen LogP contribution in [0.25, 0.3) is 0 Å². The van der Waals surface area contributed by atoms with Crippen molar-refractivity contribution >= 4 is 11.9 Å². The van der Waals surface area contributed by atoms with Crippen molar-refractivity contribution in [3.05, 3.63) is 0 Å². The number of aliphatic imine (C=N–C) groups is 1. The van der Waals surface area contributed by atoms with E-state index in [-0.39, 0.29) is 11.8 Å². The van der Waals surface area contributed by atoms with E-state index in [0.717, 1.165) is 44.8 Å². The van der Waals surface area contributed by atoms with Gasteiger partial charge in [-0.1, -0.05) is 13.3 Å². The molecule has 0 aromatic carbocycles. The van der Waals surface area contributed by atoms with Gasteiger partial charge in [0.2, 0.25) is 5.91 Å². The van der Waals surface area contributed by atoms with Crippen LogP contribution in [0.5, 0.6) is 0 Å². The van der Waals surface area contributed by atoms with Crippen LogP contribution < -0.4 is 16.0 Å². The standard InChI is InChI=1S/C17H34N4O3/c1-3-5-11-23-13-14-24-12-10-21-17(18-4-2)20-9-8-19-16(22)15-6-7-15/h15H,3-14H2,1-2H3,(H,19,22)(H2,18,20,21). The molecule has 0 radical (unpaired) electrons. The van der Waals surface area contributed by atoms with Gasteiger partial charge in [0.15, 0.2) is 5.96 Å². The van der Waals surface area contributed by atoms with Gasteiger partial charge in [-0.2, -0.15) is 0 Å². The van der Waals surface area contributed by atoms with Crippen LogP contribution in [0, 0.1) is 5.92 Å². The summed E-state index contributed by atoms with van der Waals surface area (Å²) in [7, 11) is 0. The van der Waals surface area contributed by atoms with Crippen molar-refractivity contribution < 1.29 is 14.3 Å². The molecule has 0 bridgehead atoms. The van der Waals surface area contributed by atoms with Crippen molar-refractivity contribution in [1.82, 2.24) is 16.0 Å². The third-order valence-corrected chi connectivity index (χ3v) is 3.53. The van der Waals surface area contributed by atoms with E-state index >= 15 is 0 Å². The molecule has 0 spiro atoms. The molecule has 0 atom stereocenters. The van der Waals surface area contributed by atoms with Crippen molar-refractivity contribution in [2.24, 2.45) is 10.9 Å². The van der Waals surface area contributed by atoms with E-state index in [1.807, 2.05) is 6.92 Å². The highest BCUT2D eigenvalue weighted by Gasteiger charge is 2.28. The van der Waals surface area contributed by atoms with Crippen LogP contribution in [-0.2, 0) is 14.3 Å². The van der Waals surface area contributed by atoms with Gasteiger partial charge in [0.25, 0.3) is 0 Å². The first-order chi connectivity index (χ1) is 11.8. The van der Waals surface area contributed by atoms with Crippen molar-refractivity contribution in [2.45, 2.75) is 39.5 Å². The van der Waals surface area contributed by atoms with E-state index in [0.29, 0.717) is 39.5 Å². The number of rotatable bonds is 14. The number of guanidine groups is 1. The second kappa shape index (κ2) is 14.0. The first kappa shape index (κ1) is 20.7. The maximum absolute atomic E-state index is 11.5. The fourth-order valence-electron chi connectivity index (χ4n) is 1.99. The normalized spacial score (nSPS) is 14.5. The summed E-state index contributed by atoms with van der Waals surface area (Å²) < 4.78 is 10.9. The van der Waals surface area contributed by atoms with Gasteiger partial charge in [-0.25, -0.2) is 0 Å². The van der Waals surface area contributed by atoms with Crippen molar-refractivity contribution in [3.8, 4) is 0 Å². The highest BCUT2D eigenvalue weighted by molar-refractivity contribution is 5.81. The van der Waals surface area contributed by atoms with Crippen LogP contribution in [0.3, 0.4) is 0 Å². The van der Waals surface area contributed by atoms with Gasteiger partial charge in [0.05, 0.1) is 26.4 Å². The van der Waals surface area contributed by atoms with E-state index in [1.54, 1.807) is 0 Å². The summed E-state index contributed by atoms with van der Waals surface area (Å²) in [5.74, 6) is 1.18. The van der Waals surface area contributed by atoms with Gasteiger partial charge in [-0.15, -0.1) is 0 Å². The molecule has 1 rings (SSSR count). The number of carbonyl (C=O) groups is 1. The predicted molar refractivity (Wildman–Crippen MR) is 96.3 cm³/mol. The van der Waals surface area contributed by atoms with Gasteiger partial charge in [0.1, 0.15) is 0 Å². The van der Waals surface area contributed by atoms with E-state index in [9.17, 15) is 4.79 Å². The molecule has 0 aromatic rings. The second-order valence-electron chi connectivity index (χ2n) is 5.83. The zero-order valence-corrected chi connectivity index (χ0v) is 15.2. The third kappa shape index (κ3) is 11.2. The monoisotopic (exact) mass is 342 g/mol. The molecule has 0 aliphatic heterocycles. The van der Waals surface area contributed by atoms with Crippen LogP contribution in [0.2, 0.25) is 0 Å². The number of nitrogens with one attached hydrogen (secondary N) is 3. The molecule has 1 amide bonds. The Hall–Kier alpha value is -1.34. The fourth-order valence-corrected chi connectivity index (χ4v) is 1.99. The maximum Gasteiger partial charge on any atom is 0.223 e.